The number of amides is 2. The molecule has 1 atom stereocenters. The van der Waals surface area contributed by atoms with E-state index in [0.717, 1.165) is 22.0 Å². The zero-order valence-electron chi connectivity index (χ0n) is 18.7. The molecule has 0 aliphatic carbocycles. The van der Waals surface area contributed by atoms with Crippen LogP contribution >= 0.6 is 11.8 Å². The lowest BCUT2D eigenvalue weighted by Gasteiger charge is -2.26. The molecule has 6 heteroatoms. The van der Waals surface area contributed by atoms with Crippen molar-refractivity contribution in [3.8, 4) is 5.75 Å². The Kier molecular flexibility index (Phi) is 6.23. The Morgan fingerprint density at radius 1 is 0.971 bits per heavy atom. The van der Waals surface area contributed by atoms with Gasteiger partial charge >= 0.3 is 0 Å². The lowest BCUT2D eigenvalue weighted by molar-refractivity contribution is -0.115. The SMILES string of the molecule is CCOc1ccccc1N1C(=O)CSC1c1ccc(NC(=O)c2cccc3ccccc23)cc1. The highest BCUT2D eigenvalue weighted by atomic mass is 32.2. The monoisotopic (exact) mass is 468 g/mol. The van der Waals surface area contributed by atoms with Gasteiger partial charge in [-0.05, 0) is 53.6 Å². The number of carbonyl (C=O) groups excluding carboxylic acids is 2. The smallest absolute Gasteiger partial charge is 0.256 e. The van der Waals surface area contributed by atoms with E-state index < -0.39 is 0 Å². The standard InChI is InChI=1S/C28H24N2O3S/c1-2-33-25-13-6-5-12-24(25)30-26(31)18-34-28(30)20-14-16-21(17-15-20)29-27(32)23-11-7-9-19-8-3-4-10-22(19)23/h3-17,28H,2,18H2,1H3,(H,29,32). The molecule has 1 saturated heterocycles. The summed E-state index contributed by atoms with van der Waals surface area (Å²) in [5, 5.41) is 4.79. The molecule has 4 aromatic carbocycles. The van der Waals surface area contributed by atoms with Crippen LogP contribution in [-0.4, -0.2) is 24.2 Å². The normalized spacial score (nSPS) is 15.5. The summed E-state index contributed by atoms with van der Waals surface area (Å²) in [6, 6.07) is 28.9. The molecule has 0 bridgehead atoms. The van der Waals surface area contributed by atoms with E-state index in [-0.39, 0.29) is 17.2 Å². The van der Waals surface area contributed by atoms with E-state index in [9.17, 15) is 9.59 Å². The third-order valence-electron chi connectivity index (χ3n) is 5.78. The van der Waals surface area contributed by atoms with Crippen molar-refractivity contribution in [3.63, 3.8) is 0 Å². The molecule has 5 rings (SSSR count). The predicted octanol–water partition coefficient (Wildman–Crippen LogP) is 6.27. The average molecular weight is 469 g/mol. The van der Waals surface area contributed by atoms with E-state index in [0.29, 0.717) is 29.4 Å². The fraction of sp³-hybridized carbons (Fsp3) is 0.143. The number of rotatable bonds is 6. The van der Waals surface area contributed by atoms with Crippen LogP contribution < -0.4 is 15.0 Å². The van der Waals surface area contributed by atoms with Crippen molar-refractivity contribution in [2.45, 2.75) is 12.3 Å². The maximum absolute atomic E-state index is 13.0. The Hall–Kier alpha value is -3.77. The minimum Gasteiger partial charge on any atom is -0.492 e. The number of para-hydroxylation sites is 2. The molecule has 170 valence electrons. The maximum Gasteiger partial charge on any atom is 0.256 e. The van der Waals surface area contributed by atoms with Gasteiger partial charge in [0.2, 0.25) is 5.91 Å². The summed E-state index contributed by atoms with van der Waals surface area (Å²) in [4.78, 5) is 27.6. The molecule has 1 fully saturated rings. The lowest BCUT2D eigenvalue weighted by Crippen LogP contribution is -2.28. The Morgan fingerprint density at radius 3 is 2.53 bits per heavy atom. The van der Waals surface area contributed by atoms with Gasteiger partial charge in [0.25, 0.3) is 5.91 Å². The Labute approximate surface area is 202 Å². The zero-order valence-corrected chi connectivity index (χ0v) is 19.5. The first-order chi connectivity index (χ1) is 16.7. The first-order valence-corrected chi connectivity index (χ1v) is 12.2. The number of nitrogens with zero attached hydrogens (tertiary/aromatic N) is 1. The van der Waals surface area contributed by atoms with Crippen molar-refractivity contribution >= 4 is 45.7 Å². The highest BCUT2D eigenvalue weighted by Gasteiger charge is 2.35. The summed E-state index contributed by atoms with van der Waals surface area (Å²) in [6.07, 6.45) is 0. The number of thioether (sulfide) groups is 1. The van der Waals surface area contributed by atoms with Crippen molar-refractivity contribution in [1.29, 1.82) is 0 Å². The van der Waals surface area contributed by atoms with Gasteiger partial charge in [-0.15, -0.1) is 11.8 Å². The van der Waals surface area contributed by atoms with Crippen LogP contribution in [0.5, 0.6) is 5.75 Å². The molecule has 4 aromatic rings. The van der Waals surface area contributed by atoms with Crippen LogP contribution in [0, 0.1) is 0 Å². The van der Waals surface area contributed by atoms with Gasteiger partial charge in [-0.25, -0.2) is 0 Å². The van der Waals surface area contributed by atoms with Crippen LogP contribution in [0.25, 0.3) is 10.8 Å². The van der Waals surface area contributed by atoms with Crippen molar-refractivity contribution in [1.82, 2.24) is 0 Å². The van der Waals surface area contributed by atoms with Crippen LogP contribution in [0.3, 0.4) is 0 Å². The molecule has 1 aliphatic heterocycles. The van der Waals surface area contributed by atoms with Gasteiger partial charge in [-0.1, -0.05) is 60.7 Å². The van der Waals surface area contributed by atoms with Crippen LogP contribution in [0.2, 0.25) is 0 Å². The summed E-state index contributed by atoms with van der Waals surface area (Å²) >= 11 is 1.58. The second-order valence-corrected chi connectivity index (χ2v) is 9.00. The molecule has 5 nitrogen and oxygen atoms in total. The maximum atomic E-state index is 13.0. The summed E-state index contributed by atoms with van der Waals surface area (Å²) < 4.78 is 5.77. The van der Waals surface area contributed by atoms with Gasteiger partial charge in [0.1, 0.15) is 11.1 Å². The molecule has 0 spiro atoms. The first kappa shape index (κ1) is 22.0. The number of anilines is 2. The summed E-state index contributed by atoms with van der Waals surface area (Å²) in [5.41, 5.74) is 3.11. The van der Waals surface area contributed by atoms with Gasteiger partial charge in [0.05, 0.1) is 18.0 Å². The molecule has 0 radical (unpaired) electrons. The average Bonchev–Trinajstić information content (AvgIpc) is 3.25. The molecular weight excluding hydrogens is 444 g/mol. The van der Waals surface area contributed by atoms with Gasteiger partial charge in [0, 0.05) is 11.3 Å². The van der Waals surface area contributed by atoms with Crippen LogP contribution in [0.1, 0.15) is 28.2 Å². The van der Waals surface area contributed by atoms with Crippen LogP contribution in [0.15, 0.2) is 91.0 Å². The topological polar surface area (TPSA) is 58.6 Å². The van der Waals surface area contributed by atoms with Crippen molar-refractivity contribution < 1.29 is 14.3 Å². The molecule has 0 aromatic heterocycles. The van der Waals surface area contributed by atoms with E-state index in [4.69, 9.17) is 4.74 Å². The van der Waals surface area contributed by atoms with E-state index in [1.165, 1.54) is 0 Å². The summed E-state index contributed by atoms with van der Waals surface area (Å²) in [5.74, 6) is 1.01. The molecule has 1 unspecified atom stereocenters. The van der Waals surface area contributed by atoms with Gasteiger partial charge in [-0.3, -0.25) is 14.5 Å². The van der Waals surface area contributed by atoms with Gasteiger partial charge in [-0.2, -0.15) is 0 Å². The van der Waals surface area contributed by atoms with E-state index in [1.807, 2.05) is 97.9 Å². The zero-order chi connectivity index (χ0) is 23.5. The molecular formula is C28H24N2O3S. The number of fused-ring (bicyclic) bond motifs is 1. The predicted molar refractivity (Wildman–Crippen MR) is 139 cm³/mol. The van der Waals surface area contributed by atoms with Crippen LogP contribution in [0.4, 0.5) is 11.4 Å². The number of hydrogen-bond acceptors (Lipinski definition) is 4. The van der Waals surface area contributed by atoms with E-state index in [1.54, 1.807) is 16.7 Å². The lowest BCUT2D eigenvalue weighted by atomic mass is 10.0. The molecule has 1 heterocycles. The molecule has 1 N–H and O–H groups in total. The first-order valence-electron chi connectivity index (χ1n) is 11.2. The van der Waals surface area contributed by atoms with Crippen molar-refractivity contribution in [2.24, 2.45) is 0 Å². The van der Waals surface area contributed by atoms with Gasteiger partial charge < -0.3 is 10.1 Å². The second kappa shape index (κ2) is 9.61. The van der Waals surface area contributed by atoms with Crippen molar-refractivity contribution in [3.05, 3.63) is 102 Å². The van der Waals surface area contributed by atoms with E-state index in [2.05, 4.69) is 5.32 Å². The Bertz CT molecular complexity index is 1350. The fourth-order valence-corrected chi connectivity index (χ4v) is 5.39. The molecule has 34 heavy (non-hydrogen) atoms. The number of ether oxygens (including phenoxy) is 1. The van der Waals surface area contributed by atoms with E-state index >= 15 is 0 Å². The van der Waals surface area contributed by atoms with Crippen molar-refractivity contribution in [2.75, 3.05) is 22.6 Å². The highest BCUT2D eigenvalue weighted by molar-refractivity contribution is 8.00. The minimum atomic E-state index is -0.156. The second-order valence-electron chi connectivity index (χ2n) is 7.93. The van der Waals surface area contributed by atoms with Crippen LogP contribution in [-0.2, 0) is 4.79 Å². The number of benzene rings is 4. The summed E-state index contributed by atoms with van der Waals surface area (Å²) in [6.45, 7) is 2.46. The number of carbonyl (C=O) groups is 2. The molecule has 0 saturated carbocycles. The molecule has 2 amide bonds. The third-order valence-corrected chi connectivity index (χ3v) is 6.99. The quantitative estimate of drug-likeness (QED) is 0.362. The fourth-order valence-electron chi connectivity index (χ4n) is 4.22. The third kappa shape index (κ3) is 4.24. The minimum absolute atomic E-state index is 0.0514. The molecule has 1 aliphatic rings. The largest absolute Gasteiger partial charge is 0.492 e. The van der Waals surface area contributed by atoms with Gasteiger partial charge in [0.15, 0.2) is 0 Å². The number of nitrogens with one attached hydrogen (secondary N) is 1. The summed E-state index contributed by atoms with van der Waals surface area (Å²) in [7, 11) is 0. The number of hydrogen-bond donors (Lipinski definition) is 1. The Balaban J connectivity index is 1.37. The highest BCUT2D eigenvalue weighted by Crippen LogP contribution is 2.44. The Morgan fingerprint density at radius 2 is 1.71 bits per heavy atom.